The van der Waals surface area contributed by atoms with Crippen molar-refractivity contribution in [2.75, 3.05) is 4.72 Å². The molecule has 0 radical (unpaired) electrons. The second kappa shape index (κ2) is 9.02. The second-order valence-electron chi connectivity index (χ2n) is 6.25. The smallest absolute Gasteiger partial charge is 0.271 e. The summed E-state index contributed by atoms with van der Waals surface area (Å²) in [5.74, 6) is -0.399. The third-order valence-corrected chi connectivity index (χ3v) is 5.85. The Balaban J connectivity index is 1.63. The highest BCUT2D eigenvalue weighted by Crippen LogP contribution is 2.17. The summed E-state index contributed by atoms with van der Waals surface area (Å²) in [6.07, 6.45) is 1.53. The Morgan fingerprint density at radius 1 is 1.00 bits per heavy atom. The van der Waals surface area contributed by atoms with Crippen LogP contribution < -0.4 is 10.1 Å². The van der Waals surface area contributed by atoms with Crippen LogP contribution in [0.1, 0.15) is 21.5 Å². The van der Waals surface area contributed by atoms with Gasteiger partial charge in [-0.2, -0.15) is 5.10 Å². The largest absolute Gasteiger partial charge is 0.280 e. The Morgan fingerprint density at radius 2 is 1.69 bits per heavy atom. The number of carbonyl (C=O) groups is 1. The number of amides is 1. The molecule has 1 amide bonds. The third-order valence-electron chi connectivity index (χ3n) is 3.96. The van der Waals surface area contributed by atoms with Gasteiger partial charge in [0.15, 0.2) is 0 Å². The van der Waals surface area contributed by atoms with E-state index in [1.807, 2.05) is 31.2 Å². The Labute approximate surface area is 177 Å². The van der Waals surface area contributed by atoms with Gasteiger partial charge < -0.3 is 0 Å². The van der Waals surface area contributed by atoms with E-state index in [-0.39, 0.29) is 4.90 Å². The van der Waals surface area contributed by atoms with Gasteiger partial charge in [0.25, 0.3) is 15.9 Å². The molecule has 148 valence electrons. The van der Waals surface area contributed by atoms with Crippen LogP contribution in [0.25, 0.3) is 0 Å². The van der Waals surface area contributed by atoms with Crippen molar-refractivity contribution in [3.8, 4) is 0 Å². The fourth-order valence-corrected chi connectivity index (χ4v) is 3.91. The van der Waals surface area contributed by atoms with Gasteiger partial charge in [0, 0.05) is 15.7 Å². The average molecular weight is 472 g/mol. The minimum Gasteiger partial charge on any atom is -0.280 e. The van der Waals surface area contributed by atoms with Crippen LogP contribution in [0.4, 0.5) is 5.69 Å². The van der Waals surface area contributed by atoms with Crippen LogP contribution in [0, 0.1) is 6.92 Å². The maximum Gasteiger partial charge on any atom is 0.271 e. The first kappa shape index (κ1) is 20.8. The van der Waals surface area contributed by atoms with E-state index >= 15 is 0 Å². The van der Waals surface area contributed by atoms with Gasteiger partial charge in [-0.15, -0.1) is 0 Å². The van der Waals surface area contributed by atoms with Crippen LogP contribution in [0.5, 0.6) is 0 Å². The minimum atomic E-state index is -3.69. The molecule has 0 aliphatic heterocycles. The zero-order valence-electron chi connectivity index (χ0n) is 15.5. The van der Waals surface area contributed by atoms with Crippen molar-refractivity contribution in [2.45, 2.75) is 11.8 Å². The molecule has 0 heterocycles. The topological polar surface area (TPSA) is 87.6 Å². The number of halogens is 1. The monoisotopic (exact) mass is 471 g/mol. The lowest BCUT2D eigenvalue weighted by atomic mass is 10.2. The van der Waals surface area contributed by atoms with E-state index in [0.29, 0.717) is 11.3 Å². The van der Waals surface area contributed by atoms with E-state index in [1.54, 1.807) is 24.3 Å². The molecule has 2 N–H and O–H groups in total. The highest BCUT2D eigenvalue weighted by Gasteiger charge is 2.14. The summed E-state index contributed by atoms with van der Waals surface area (Å²) < 4.78 is 28.2. The van der Waals surface area contributed by atoms with Crippen LogP contribution in [-0.2, 0) is 10.0 Å². The van der Waals surface area contributed by atoms with Gasteiger partial charge >= 0.3 is 0 Å². The van der Waals surface area contributed by atoms with Crippen LogP contribution in [0.3, 0.4) is 0 Å². The maximum absolute atomic E-state index is 12.4. The summed E-state index contributed by atoms with van der Waals surface area (Å²) in [6, 6.07) is 20.1. The number of benzene rings is 3. The predicted octanol–water partition coefficient (Wildman–Crippen LogP) is 4.32. The molecule has 0 atom stereocenters. The Hall–Kier alpha value is -2.97. The lowest BCUT2D eigenvalue weighted by molar-refractivity contribution is 0.0955. The van der Waals surface area contributed by atoms with E-state index in [1.165, 1.54) is 30.5 Å². The molecule has 3 rings (SSSR count). The zero-order chi connectivity index (χ0) is 20.9. The van der Waals surface area contributed by atoms with Gasteiger partial charge in [-0.05, 0) is 61.0 Å². The number of nitrogens with zero attached hydrogens (tertiary/aromatic N) is 1. The first-order valence-electron chi connectivity index (χ1n) is 8.62. The molecule has 0 spiro atoms. The highest BCUT2D eigenvalue weighted by atomic mass is 79.9. The molecule has 0 bridgehead atoms. The van der Waals surface area contributed by atoms with Crippen molar-refractivity contribution in [2.24, 2.45) is 5.10 Å². The van der Waals surface area contributed by atoms with Crippen molar-refractivity contribution in [3.05, 3.63) is 94.0 Å². The van der Waals surface area contributed by atoms with E-state index < -0.39 is 15.9 Å². The Morgan fingerprint density at radius 3 is 2.34 bits per heavy atom. The number of hydrogen-bond donors (Lipinski definition) is 2. The SMILES string of the molecule is Cc1ccc(S(=O)(=O)Nc2ccc(C(=O)N/N=C/c3cccc(Br)c3)cc2)cc1. The second-order valence-corrected chi connectivity index (χ2v) is 8.85. The van der Waals surface area contributed by atoms with Crippen molar-refractivity contribution in [1.82, 2.24) is 5.43 Å². The lowest BCUT2D eigenvalue weighted by Crippen LogP contribution is -2.18. The third kappa shape index (κ3) is 5.75. The summed E-state index contributed by atoms with van der Waals surface area (Å²) >= 11 is 3.37. The van der Waals surface area contributed by atoms with Crippen LogP contribution >= 0.6 is 15.9 Å². The van der Waals surface area contributed by atoms with Crippen LogP contribution in [0.15, 0.2) is 87.3 Å². The number of nitrogens with one attached hydrogen (secondary N) is 2. The van der Waals surface area contributed by atoms with Gasteiger partial charge in [-0.3, -0.25) is 9.52 Å². The summed E-state index contributed by atoms with van der Waals surface area (Å²) in [5, 5.41) is 3.93. The molecular formula is C21H18BrN3O3S. The molecule has 0 fully saturated rings. The van der Waals surface area contributed by atoms with Crippen LogP contribution in [0.2, 0.25) is 0 Å². The molecule has 3 aromatic carbocycles. The van der Waals surface area contributed by atoms with E-state index in [0.717, 1.165) is 15.6 Å². The average Bonchev–Trinajstić information content (AvgIpc) is 2.68. The summed E-state index contributed by atoms with van der Waals surface area (Å²) in [6.45, 7) is 1.89. The van der Waals surface area contributed by atoms with Crippen molar-refractivity contribution < 1.29 is 13.2 Å². The number of hydrazone groups is 1. The zero-order valence-corrected chi connectivity index (χ0v) is 17.9. The first-order valence-corrected chi connectivity index (χ1v) is 10.9. The van der Waals surface area contributed by atoms with Gasteiger partial charge in [0.2, 0.25) is 0 Å². The number of carbonyl (C=O) groups excluding carboxylic acids is 1. The van der Waals surface area contributed by atoms with E-state index in [2.05, 4.69) is 31.2 Å². The molecule has 8 heteroatoms. The van der Waals surface area contributed by atoms with E-state index in [4.69, 9.17) is 0 Å². The molecular weight excluding hydrogens is 454 g/mol. The number of anilines is 1. The molecule has 0 aromatic heterocycles. The van der Waals surface area contributed by atoms with Gasteiger partial charge in [0.1, 0.15) is 0 Å². The normalized spacial score (nSPS) is 11.4. The fourth-order valence-electron chi connectivity index (χ4n) is 2.44. The minimum absolute atomic E-state index is 0.173. The molecule has 0 aliphatic rings. The molecule has 0 saturated carbocycles. The molecule has 6 nitrogen and oxygen atoms in total. The molecule has 0 saturated heterocycles. The Bertz CT molecular complexity index is 1140. The Kier molecular flexibility index (Phi) is 6.46. The quantitative estimate of drug-likeness (QED) is 0.414. The summed E-state index contributed by atoms with van der Waals surface area (Å²) in [4.78, 5) is 12.4. The summed E-state index contributed by atoms with van der Waals surface area (Å²) in [5.41, 5.74) is 4.97. The van der Waals surface area contributed by atoms with Crippen molar-refractivity contribution in [1.29, 1.82) is 0 Å². The van der Waals surface area contributed by atoms with Gasteiger partial charge in [-0.25, -0.2) is 13.8 Å². The van der Waals surface area contributed by atoms with Crippen molar-refractivity contribution in [3.63, 3.8) is 0 Å². The standard InChI is InChI=1S/C21H18BrN3O3S/c1-15-5-11-20(12-6-15)29(27,28)25-19-9-7-17(8-10-19)21(26)24-23-14-16-3-2-4-18(22)13-16/h2-14,25H,1H3,(H,24,26)/b23-14+. The van der Waals surface area contributed by atoms with Crippen molar-refractivity contribution >= 4 is 43.8 Å². The highest BCUT2D eigenvalue weighted by molar-refractivity contribution is 9.10. The fraction of sp³-hybridized carbons (Fsp3) is 0.0476. The predicted molar refractivity (Wildman–Crippen MR) is 118 cm³/mol. The number of sulfonamides is 1. The van der Waals surface area contributed by atoms with Gasteiger partial charge in [-0.1, -0.05) is 45.8 Å². The van der Waals surface area contributed by atoms with E-state index in [9.17, 15) is 13.2 Å². The molecule has 0 unspecified atom stereocenters. The maximum atomic E-state index is 12.4. The molecule has 0 aliphatic carbocycles. The lowest BCUT2D eigenvalue weighted by Gasteiger charge is -2.09. The molecule has 3 aromatic rings. The van der Waals surface area contributed by atoms with Crippen LogP contribution in [-0.4, -0.2) is 20.5 Å². The number of rotatable bonds is 6. The summed E-state index contributed by atoms with van der Waals surface area (Å²) in [7, 11) is -3.69. The molecule has 29 heavy (non-hydrogen) atoms. The van der Waals surface area contributed by atoms with Gasteiger partial charge in [0.05, 0.1) is 11.1 Å². The first-order chi connectivity index (χ1) is 13.8. The number of hydrogen-bond acceptors (Lipinski definition) is 4. The number of aryl methyl sites for hydroxylation is 1.